The Kier molecular flexibility index (Phi) is 3.02. The highest BCUT2D eigenvalue weighted by atomic mass is 32.1. The van der Waals surface area contributed by atoms with Crippen LogP contribution in [0.4, 0.5) is 5.00 Å². The average molecular weight is 242 g/mol. The minimum atomic E-state index is -0.908. The maximum atomic E-state index is 10.8. The molecule has 2 N–H and O–H groups in total. The second kappa shape index (κ2) is 4.31. The van der Waals surface area contributed by atoms with Gasteiger partial charge in [-0.25, -0.2) is 4.79 Å². The van der Waals surface area contributed by atoms with Crippen molar-refractivity contribution in [1.29, 1.82) is 0 Å². The zero-order valence-electron chi connectivity index (χ0n) is 9.19. The number of fused-ring (bicyclic) bond motifs is 1. The smallest absolute Gasteiger partial charge is 0.346 e. The number of rotatable bonds is 3. The predicted molar refractivity (Wildman–Crippen MR) is 62.7 cm³/mol. The molecule has 16 heavy (non-hydrogen) atoms. The molecule has 0 saturated carbocycles. The van der Waals surface area contributed by atoms with E-state index in [-0.39, 0.29) is 6.10 Å². The van der Waals surface area contributed by atoms with E-state index in [9.17, 15) is 4.79 Å². The molecule has 1 aromatic rings. The van der Waals surface area contributed by atoms with E-state index in [1.807, 2.05) is 19.0 Å². The maximum absolute atomic E-state index is 10.8. The number of hydrogen-bond acceptors (Lipinski definition) is 5. The van der Waals surface area contributed by atoms with Gasteiger partial charge in [0.15, 0.2) is 5.75 Å². The molecule has 0 aromatic carbocycles. The molecule has 1 aliphatic rings. The number of nitrogens with zero attached hydrogens (tertiary/aromatic N) is 1. The van der Waals surface area contributed by atoms with Gasteiger partial charge in [-0.2, -0.15) is 0 Å². The zero-order valence-corrected chi connectivity index (χ0v) is 10.0. The fourth-order valence-electron chi connectivity index (χ4n) is 1.63. The number of nitrogens with one attached hydrogen (secondary N) is 1. The summed E-state index contributed by atoms with van der Waals surface area (Å²) >= 11 is 1.22. The van der Waals surface area contributed by atoms with Gasteiger partial charge in [0.05, 0.1) is 6.54 Å². The number of carboxylic acid groups (broad SMARTS) is 1. The van der Waals surface area contributed by atoms with Crippen LogP contribution in [0.15, 0.2) is 6.07 Å². The van der Waals surface area contributed by atoms with Crippen LogP contribution in [-0.4, -0.2) is 49.3 Å². The Morgan fingerprint density at radius 1 is 1.75 bits per heavy atom. The van der Waals surface area contributed by atoms with Crippen molar-refractivity contribution in [2.45, 2.75) is 6.10 Å². The van der Waals surface area contributed by atoms with Gasteiger partial charge in [0.2, 0.25) is 0 Å². The predicted octanol–water partition coefficient (Wildman–Crippen LogP) is 1.18. The first-order valence-electron chi connectivity index (χ1n) is 4.98. The number of hydrogen-bond donors (Lipinski definition) is 2. The van der Waals surface area contributed by atoms with E-state index >= 15 is 0 Å². The standard InChI is InChI=1S/C10H14N2O3S/c1-12(2)5-6-4-11-9-7(15-6)3-8(16-9)10(13)14/h3,6,11H,4-5H2,1-2H3,(H,13,14). The quantitative estimate of drug-likeness (QED) is 0.833. The molecule has 0 bridgehead atoms. The van der Waals surface area contributed by atoms with Gasteiger partial charge in [0.25, 0.3) is 0 Å². The second-order valence-electron chi connectivity index (χ2n) is 3.99. The van der Waals surface area contributed by atoms with Crippen molar-refractivity contribution in [3.05, 3.63) is 10.9 Å². The third kappa shape index (κ3) is 2.28. The second-order valence-corrected chi connectivity index (χ2v) is 5.04. The van der Waals surface area contributed by atoms with Gasteiger partial charge in [-0.3, -0.25) is 0 Å². The summed E-state index contributed by atoms with van der Waals surface area (Å²) in [6.45, 7) is 1.52. The molecule has 0 aliphatic carbocycles. The monoisotopic (exact) mass is 242 g/mol. The Labute approximate surface area is 97.6 Å². The number of aromatic carboxylic acids is 1. The van der Waals surface area contributed by atoms with Gasteiger partial charge in [0, 0.05) is 12.6 Å². The summed E-state index contributed by atoms with van der Waals surface area (Å²) in [4.78, 5) is 13.1. The molecule has 1 atom stereocenters. The molecule has 88 valence electrons. The SMILES string of the molecule is CN(C)CC1CNc2sc(C(=O)O)cc2O1. The lowest BCUT2D eigenvalue weighted by atomic mass is 10.3. The van der Waals surface area contributed by atoms with Crippen LogP contribution in [0.5, 0.6) is 5.75 Å². The summed E-state index contributed by atoms with van der Waals surface area (Å²) in [5.74, 6) is -0.255. The molecule has 2 rings (SSSR count). The first-order chi connectivity index (χ1) is 7.56. The molecular weight excluding hydrogens is 228 g/mol. The number of thiophene rings is 1. The minimum Gasteiger partial charge on any atom is -0.484 e. The van der Waals surface area contributed by atoms with E-state index in [4.69, 9.17) is 9.84 Å². The van der Waals surface area contributed by atoms with Gasteiger partial charge in [0.1, 0.15) is 16.0 Å². The van der Waals surface area contributed by atoms with E-state index in [1.54, 1.807) is 6.07 Å². The molecule has 0 spiro atoms. The first kappa shape index (κ1) is 11.2. The third-order valence-corrected chi connectivity index (χ3v) is 3.32. The molecule has 0 amide bonds. The van der Waals surface area contributed by atoms with Crippen LogP contribution in [-0.2, 0) is 0 Å². The molecule has 6 heteroatoms. The normalized spacial score (nSPS) is 18.8. The van der Waals surface area contributed by atoms with Gasteiger partial charge >= 0.3 is 5.97 Å². The summed E-state index contributed by atoms with van der Waals surface area (Å²) in [6.07, 6.45) is 0.0683. The highest BCUT2D eigenvalue weighted by molar-refractivity contribution is 7.18. The van der Waals surface area contributed by atoms with Crippen molar-refractivity contribution in [1.82, 2.24) is 4.90 Å². The van der Waals surface area contributed by atoms with E-state index in [0.717, 1.165) is 11.5 Å². The number of anilines is 1. The van der Waals surface area contributed by atoms with E-state index in [1.165, 1.54) is 11.3 Å². The Morgan fingerprint density at radius 3 is 3.12 bits per heavy atom. The van der Waals surface area contributed by atoms with Crippen LogP contribution in [0.1, 0.15) is 9.67 Å². The number of likely N-dealkylation sites (N-methyl/N-ethyl adjacent to an activating group) is 1. The van der Waals surface area contributed by atoms with Crippen molar-refractivity contribution in [3.8, 4) is 5.75 Å². The molecule has 0 fully saturated rings. The van der Waals surface area contributed by atoms with Crippen LogP contribution in [0.2, 0.25) is 0 Å². The fourth-order valence-corrected chi connectivity index (χ4v) is 2.46. The van der Waals surface area contributed by atoms with Gasteiger partial charge in [-0.1, -0.05) is 0 Å². The summed E-state index contributed by atoms with van der Waals surface area (Å²) in [7, 11) is 3.96. The van der Waals surface area contributed by atoms with Crippen LogP contribution >= 0.6 is 11.3 Å². The third-order valence-electron chi connectivity index (χ3n) is 2.26. The molecule has 1 unspecified atom stereocenters. The zero-order chi connectivity index (χ0) is 11.7. The number of ether oxygens (including phenoxy) is 1. The largest absolute Gasteiger partial charge is 0.484 e. The van der Waals surface area contributed by atoms with E-state index < -0.39 is 5.97 Å². The number of carboxylic acids is 1. The van der Waals surface area contributed by atoms with Crippen molar-refractivity contribution in [3.63, 3.8) is 0 Å². The molecular formula is C10H14N2O3S. The van der Waals surface area contributed by atoms with Crippen LogP contribution in [0.25, 0.3) is 0 Å². The van der Waals surface area contributed by atoms with Crippen molar-refractivity contribution >= 4 is 22.3 Å². The van der Waals surface area contributed by atoms with Crippen LogP contribution in [0, 0.1) is 0 Å². The van der Waals surface area contributed by atoms with Crippen molar-refractivity contribution in [2.75, 3.05) is 32.5 Å². The molecule has 2 heterocycles. The van der Waals surface area contributed by atoms with Gasteiger partial charge < -0.3 is 20.1 Å². The van der Waals surface area contributed by atoms with Crippen LogP contribution in [0.3, 0.4) is 0 Å². The van der Waals surface area contributed by atoms with E-state index in [0.29, 0.717) is 17.2 Å². The summed E-state index contributed by atoms with van der Waals surface area (Å²) in [6, 6.07) is 1.58. The Hall–Kier alpha value is -1.27. The maximum Gasteiger partial charge on any atom is 0.346 e. The fraction of sp³-hybridized carbons (Fsp3) is 0.500. The lowest BCUT2D eigenvalue weighted by Crippen LogP contribution is -2.38. The Bertz CT molecular complexity index is 403. The summed E-state index contributed by atoms with van der Waals surface area (Å²) in [5.41, 5.74) is 0. The van der Waals surface area contributed by atoms with Crippen molar-refractivity contribution in [2.24, 2.45) is 0 Å². The van der Waals surface area contributed by atoms with E-state index in [2.05, 4.69) is 5.32 Å². The topological polar surface area (TPSA) is 61.8 Å². The Balaban J connectivity index is 2.11. The summed E-state index contributed by atoms with van der Waals surface area (Å²) < 4.78 is 5.72. The van der Waals surface area contributed by atoms with Gasteiger partial charge in [-0.05, 0) is 14.1 Å². The Morgan fingerprint density at radius 2 is 2.50 bits per heavy atom. The van der Waals surface area contributed by atoms with Crippen LogP contribution < -0.4 is 10.1 Å². The number of carbonyl (C=O) groups is 1. The minimum absolute atomic E-state index is 0.0683. The highest BCUT2D eigenvalue weighted by Gasteiger charge is 2.23. The van der Waals surface area contributed by atoms with Crippen molar-refractivity contribution < 1.29 is 14.6 Å². The summed E-state index contributed by atoms with van der Waals surface area (Å²) in [5, 5.41) is 12.9. The molecule has 1 aliphatic heterocycles. The first-order valence-corrected chi connectivity index (χ1v) is 5.80. The lowest BCUT2D eigenvalue weighted by Gasteiger charge is -2.27. The average Bonchev–Trinajstić information content (AvgIpc) is 2.59. The molecule has 0 saturated heterocycles. The van der Waals surface area contributed by atoms with Gasteiger partial charge in [-0.15, -0.1) is 11.3 Å². The molecule has 5 nitrogen and oxygen atoms in total. The highest BCUT2D eigenvalue weighted by Crippen LogP contribution is 2.37. The molecule has 1 aromatic heterocycles. The molecule has 0 radical (unpaired) electrons. The lowest BCUT2D eigenvalue weighted by molar-refractivity contribution is 0.0701.